The van der Waals surface area contributed by atoms with Crippen molar-refractivity contribution in [1.29, 1.82) is 0 Å². The van der Waals surface area contributed by atoms with Gasteiger partial charge in [0.2, 0.25) is 11.6 Å². The smallest absolute Gasteiger partial charge is 0.353 e. The highest BCUT2D eigenvalue weighted by Gasteiger charge is 2.24. The van der Waals surface area contributed by atoms with Crippen LogP contribution in [0.2, 0.25) is 0 Å². The number of benzene rings is 1. The summed E-state index contributed by atoms with van der Waals surface area (Å²) in [6.07, 6.45) is 1.28. The van der Waals surface area contributed by atoms with E-state index in [1.54, 1.807) is 18.2 Å². The quantitative estimate of drug-likeness (QED) is 0.635. The normalized spacial score (nSPS) is 12.8. The molecule has 126 valence electrons. The van der Waals surface area contributed by atoms with Crippen molar-refractivity contribution in [3.63, 3.8) is 0 Å². The summed E-state index contributed by atoms with van der Waals surface area (Å²) < 4.78 is 11.0. The van der Waals surface area contributed by atoms with Crippen LogP contribution in [-0.2, 0) is 0 Å². The van der Waals surface area contributed by atoms with Crippen LogP contribution >= 0.6 is 0 Å². The van der Waals surface area contributed by atoms with Crippen molar-refractivity contribution < 1.29 is 14.4 Å². The van der Waals surface area contributed by atoms with Gasteiger partial charge in [0, 0.05) is 17.8 Å². The minimum absolute atomic E-state index is 0.000688. The molecule has 0 aliphatic carbocycles. The predicted molar refractivity (Wildman–Crippen MR) is 88.2 cm³/mol. The molecule has 1 aromatic carbocycles. The van der Waals surface area contributed by atoms with Crippen LogP contribution in [0, 0.1) is 10.1 Å². The van der Waals surface area contributed by atoms with Crippen molar-refractivity contribution in [3.8, 4) is 11.5 Å². The van der Waals surface area contributed by atoms with Crippen LogP contribution in [0.3, 0.4) is 0 Å². The monoisotopic (exact) mass is 331 g/mol. The Kier molecular flexibility index (Phi) is 4.32. The summed E-state index contributed by atoms with van der Waals surface area (Å²) in [7, 11) is 0. The first-order valence-corrected chi connectivity index (χ1v) is 7.47. The number of rotatable bonds is 5. The van der Waals surface area contributed by atoms with E-state index in [2.05, 4.69) is 20.6 Å². The summed E-state index contributed by atoms with van der Waals surface area (Å²) in [4.78, 5) is 18.9. The second kappa shape index (κ2) is 6.57. The minimum atomic E-state index is -0.509. The zero-order chi connectivity index (χ0) is 17.1. The van der Waals surface area contributed by atoms with Crippen LogP contribution in [-0.4, -0.2) is 34.1 Å². The third kappa shape index (κ3) is 3.29. The fourth-order valence-corrected chi connectivity index (χ4v) is 2.28. The van der Waals surface area contributed by atoms with Crippen LogP contribution in [0.15, 0.2) is 24.5 Å². The van der Waals surface area contributed by atoms with E-state index in [9.17, 15) is 10.1 Å². The van der Waals surface area contributed by atoms with E-state index in [0.717, 1.165) is 0 Å². The Morgan fingerprint density at radius 3 is 2.58 bits per heavy atom. The number of fused-ring (bicyclic) bond motifs is 1. The molecule has 2 heterocycles. The number of hydrogen-bond donors (Lipinski definition) is 2. The first kappa shape index (κ1) is 15.8. The van der Waals surface area contributed by atoms with E-state index in [4.69, 9.17) is 9.47 Å². The molecule has 0 saturated heterocycles. The Balaban J connectivity index is 1.93. The van der Waals surface area contributed by atoms with Crippen LogP contribution in [0.5, 0.6) is 11.5 Å². The average molecular weight is 331 g/mol. The number of hydrogen-bond acceptors (Lipinski definition) is 8. The number of anilines is 3. The van der Waals surface area contributed by atoms with E-state index < -0.39 is 4.92 Å². The van der Waals surface area contributed by atoms with Gasteiger partial charge in [0.05, 0.1) is 4.92 Å². The summed E-state index contributed by atoms with van der Waals surface area (Å²) in [6, 6.07) is 5.21. The van der Waals surface area contributed by atoms with Crippen LogP contribution < -0.4 is 20.1 Å². The van der Waals surface area contributed by atoms with Crippen LogP contribution in [0.4, 0.5) is 23.0 Å². The number of aromatic nitrogens is 2. The highest BCUT2D eigenvalue weighted by Crippen LogP contribution is 2.36. The lowest BCUT2D eigenvalue weighted by atomic mass is 10.2. The van der Waals surface area contributed by atoms with E-state index in [1.807, 2.05) is 13.8 Å². The van der Waals surface area contributed by atoms with Gasteiger partial charge in [-0.3, -0.25) is 10.1 Å². The van der Waals surface area contributed by atoms with Gasteiger partial charge >= 0.3 is 5.69 Å². The van der Waals surface area contributed by atoms with Crippen LogP contribution in [0.25, 0.3) is 0 Å². The van der Waals surface area contributed by atoms with Gasteiger partial charge < -0.3 is 20.1 Å². The molecule has 0 amide bonds. The molecular weight excluding hydrogens is 314 g/mol. The third-order valence-corrected chi connectivity index (χ3v) is 3.24. The van der Waals surface area contributed by atoms with Gasteiger partial charge in [-0.2, -0.15) is 0 Å². The van der Waals surface area contributed by atoms with Gasteiger partial charge in [-0.15, -0.1) is 0 Å². The third-order valence-electron chi connectivity index (χ3n) is 3.24. The van der Waals surface area contributed by atoms with E-state index in [-0.39, 0.29) is 23.4 Å². The van der Waals surface area contributed by atoms with Gasteiger partial charge in [-0.1, -0.05) is 0 Å². The van der Waals surface area contributed by atoms with Gasteiger partial charge in [0.1, 0.15) is 19.5 Å². The Morgan fingerprint density at radius 2 is 1.88 bits per heavy atom. The summed E-state index contributed by atoms with van der Waals surface area (Å²) in [5.41, 5.74) is 0.401. The Bertz CT molecular complexity index is 766. The largest absolute Gasteiger partial charge is 0.486 e. The maximum atomic E-state index is 11.4. The average Bonchev–Trinajstić information content (AvgIpc) is 2.54. The molecule has 0 bridgehead atoms. The summed E-state index contributed by atoms with van der Waals surface area (Å²) in [6.45, 7) is 4.72. The van der Waals surface area contributed by atoms with Crippen molar-refractivity contribution >= 4 is 23.0 Å². The number of nitrogens with zero attached hydrogens (tertiary/aromatic N) is 3. The zero-order valence-electron chi connectivity index (χ0n) is 13.3. The zero-order valence-corrected chi connectivity index (χ0v) is 13.3. The molecule has 0 unspecified atom stereocenters. The van der Waals surface area contributed by atoms with E-state index in [0.29, 0.717) is 30.4 Å². The van der Waals surface area contributed by atoms with Crippen molar-refractivity contribution in [2.24, 2.45) is 0 Å². The lowest BCUT2D eigenvalue weighted by Crippen LogP contribution is -2.15. The Morgan fingerprint density at radius 1 is 1.17 bits per heavy atom. The highest BCUT2D eigenvalue weighted by atomic mass is 16.6. The Labute approximate surface area is 138 Å². The lowest BCUT2D eigenvalue weighted by Gasteiger charge is -2.19. The molecule has 1 aliphatic heterocycles. The second-order valence-electron chi connectivity index (χ2n) is 5.46. The topological polar surface area (TPSA) is 111 Å². The van der Waals surface area contributed by atoms with Gasteiger partial charge in [-0.25, -0.2) is 9.97 Å². The maximum absolute atomic E-state index is 11.4. The maximum Gasteiger partial charge on any atom is 0.353 e. The number of ether oxygens (including phenoxy) is 2. The molecule has 3 rings (SSSR count). The second-order valence-corrected chi connectivity index (χ2v) is 5.46. The van der Waals surface area contributed by atoms with Crippen molar-refractivity contribution in [1.82, 2.24) is 9.97 Å². The standard InChI is InChI=1S/C15H17N5O4/c1-9(2)18-14-13(20(21)22)15(17-8-16-14)19-10-3-4-11-12(7-10)24-6-5-23-11/h3-4,7-9H,5-6H2,1-2H3,(H2,16,17,18,19). The molecular formula is C15H17N5O4. The molecule has 9 heteroatoms. The predicted octanol–water partition coefficient (Wildman–Crippen LogP) is 2.72. The molecule has 0 spiro atoms. The molecule has 0 radical (unpaired) electrons. The molecule has 0 saturated carbocycles. The summed E-state index contributed by atoms with van der Waals surface area (Å²) >= 11 is 0. The molecule has 24 heavy (non-hydrogen) atoms. The molecule has 9 nitrogen and oxygen atoms in total. The first-order valence-electron chi connectivity index (χ1n) is 7.47. The molecule has 0 fully saturated rings. The van der Waals surface area contributed by atoms with Crippen molar-refractivity contribution in [2.75, 3.05) is 23.8 Å². The molecule has 2 N–H and O–H groups in total. The molecule has 2 aromatic rings. The van der Waals surface area contributed by atoms with Gasteiger partial charge in [-0.05, 0) is 26.0 Å². The summed E-state index contributed by atoms with van der Waals surface area (Å²) in [5, 5.41) is 17.4. The van der Waals surface area contributed by atoms with E-state index >= 15 is 0 Å². The SMILES string of the molecule is CC(C)Nc1ncnc(Nc2ccc3c(c2)OCCO3)c1[N+](=O)[O-]. The Hall–Kier alpha value is -3.10. The molecule has 1 aliphatic rings. The van der Waals surface area contributed by atoms with Gasteiger partial charge in [0.25, 0.3) is 0 Å². The fraction of sp³-hybridized carbons (Fsp3) is 0.333. The number of nitrogens with one attached hydrogen (secondary N) is 2. The van der Waals surface area contributed by atoms with Crippen LogP contribution in [0.1, 0.15) is 13.8 Å². The van der Waals surface area contributed by atoms with Crippen molar-refractivity contribution in [2.45, 2.75) is 19.9 Å². The fourth-order valence-electron chi connectivity index (χ4n) is 2.28. The van der Waals surface area contributed by atoms with E-state index in [1.165, 1.54) is 6.33 Å². The minimum Gasteiger partial charge on any atom is -0.486 e. The summed E-state index contributed by atoms with van der Waals surface area (Å²) in [5.74, 6) is 1.51. The molecule has 0 atom stereocenters. The first-order chi connectivity index (χ1) is 11.5. The van der Waals surface area contributed by atoms with Gasteiger partial charge in [0.15, 0.2) is 11.5 Å². The lowest BCUT2D eigenvalue weighted by molar-refractivity contribution is -0.383. The number of nitro groups is 1. The van der Waals surface area contributed by atoms with Crippen molar-refractivity contribution in [3.05, 3.63) is 34.6 Å². The molecule has 1 aromatic heterocycles. The highest BCUT2D eigenvalue weighted by molar-refractivity contribution is 5.74.